The van der Waals surface area contributed by atoms with Crippen molar-refractivity contribution in [3.63, 3.8) is 0 Å². The number of nitrogens with zero attached hydrogens (tertiary/aromatic N) is 4. The van der Waals surface area contributed by atoms with Crippen molar-refractivity contribution in [2.75, 3.05) is 10.6 Å². The number of anilines is 3. The first-order chi connectivity index (χ1) is 14.6. The molecule has 0 fully saturated rings. The molecule has 4 aromatic rings. The minimum atomic E-state index is -0.220. The molecule has 3 aromatic heterocycles. The van der Waals surface area contributed by atoms with E-state index in [-0.39, 0.29) is 5.91 Å². The summed E-state index contributed by atoms with van der Waals surface area (Å²) in [5.74, 6) is 0.240. The van der Waals surface area contributed by atoms with Gasteiger partial charge < -0.3 is 10.6 Å². The molecule has 30 heavy (non-hydrogen) atoms. The molecule has 8 heteroatoms. The van der Waals surface area contributed by atoms with Crippen LogP contribution in [0.4, 0.5) is 17.3 Å². The van der Waals surface area contributed by atoms with Gasteiger partial charge in [-0.2, -0.15) is 0 Å². The quantitative estimate of drug-likeness (QED) is 0.407. The van der Waals surface area contributed by atoms with Gasteiger partial charge in [0, 0.05) is 47.3 Å². The van der Waals surface area contributed by atoms with Crippen LogP contribution in [0.15, 0.2) is 77.9 Å². The number of nitrogens with one attached hydrogen (secondary N) is 2. The molecule has 0 spiro atoms. The highest BCUT2D eigenvalue weighted by Gasteiger charge is 2.10. The molecule has 1 aromatic carbocycles. The second-order valence-electron chi connectivity index (χ2n) is 6.48. The van der Waals surface area contributed by atoms with Crippen LogP contribution in [0.3, 0.4) is 0 Å². The zero-order chi connectivity index (χ0) is 20.9. The molecule has 0 aliphatic heterocycles. The van der Waals surface area contributed by atoms with Gasteiger partial charge in [0.05, 0.1) is 5.69 Å². The van der Waals surface area contributed by atoms with Crippen molar-refractivity contribution < 1.29 is 4.79 Å². The van der Waals surface area contributed by atoms with Gasteiger partial charge in [-0.15, -0.1) is 0 Å². The van der Waals surface area contributed by atoms with Crippen LogP contribution in [0.2, 0.25) is 0 Å². The zero-order valence-electron chi connectivity index (χ0n) is 16.0. The summed E-state index contributed by atoms with van der Waals surface area (Å²) in [5, 5.41) is 6.13. The molecule has 0 saturated carbocycles. The molecular formula is C22H17BrN6O. The van der Waals surface area contributed by atoms with Crippen molar-refractivity contribution in [2.45, 2.75) is 6.92 Å². The maximum atomic E-state index is 12.5. The van der Waals surface area contributed by atoms with E-state index in [9.17, 15) is 4.79 Å². The Kier molecular flexibility index (Phi) is 5.76. The fraction of sp³-hybridized carbons (Fsp3) is 0.0455. The third-order valence-electron chi connectivity index (χ3n) is 4.34. The van der Waals surface area contributed by atoms with Gasteiger partial charge in [-0.05, 0) is 70.9 Å². The molecule has 0 aliphatic carbocycles. The molecule has 148 valence electrons. The molecule has 1 amide bonds. The fourth-order valence-corrected chi connectivity index (χ4v) is 3.16. The van der Waals surface area contributed by atoms with Gasteiger partial charge in [-0.25, -0.2) is 15.0 Å². The maximum absolute atomic E-state index is 12.5. The molecule has 3 heterocycles. The summed E-state index contributed by atoms with van der Waals surface area (Å²) in [7, 11) is 0. The number of aryl methyl sites for hydroxylation is 1. The van der Waals surface area contributed by atoms with E-state index in [1.54, 1.807) is 36.9 Å². The van der Waals surface area contributed by atoms with Crippen LogP contribution in [0.1, 0.15) is 15.9 Å². The van der Waals surface area contributed by atoms with Crippen molar-refractivity contribution in [2.24, 2.45) is 0 Å². The van der Waals surface area contributed by atoms with Crippen molar-refractivity contribution in [3.8, 4) is 11.3 Å². The molecule has 7 nitrogen and oxygen atoms in total. The maximum Gasteiger partial charge on any atom is 0.255 e. The van der Waals surface area contributed by atoms with Gasteiger partial charge in [0.25, 0.3) is 5.91 Å². The molecular weight excluding hydrogens is 444 g/mol. The third kappa shape index (κ3) is 4.66. The smallest absolute Gasteiger partial charge is 0.255 e. The van der Waals surface area contributed by atoms with E-state index in [2.05, 4.69) is 46.5 Å². The highest BCUT2D eigenvalue weighted by atomic mass is 79.9. The monoisotopic (exact) mass is 460 g/mol. The first-order valence-corrected chi connectivity index (χ1v) is 9.92. The van der Waals surface area contributed by atoms with Crippen molar-refractivity contribution >= 4 is 39.2 Å². The summed E-state index contributed by atoms with van der Waals surface area (Å²) < 4.78 is 0.604. The van der Waals surface area contributed by atoms with Crippen LogP contribution >= 0.6 is 15.9 Å². The minimum absolute atomic E-state index is 0.220. The third-order valence-corrected chi connectivity index (χ3v) is 4.78. The van der Waals surface area contributed by atoms with E-state index < -0.39 is 0 Å². The van der Waals surface area contributed by atoms with Crippen LogP contribution in [-0.2, 0) is 0 Å². The Morgan fingerprint density at radius 3 is 2.67 bits per heavy atom. The lowest BCUT2D eigenvalue weighted by molar-refractivity contribution is 0.102. The molecule has 0 saturated heterocycles. The van der Waals surface area contributed by atoms with Gasteiger partial charge in [0.2, 0.25) is 5.95 Å². The van der Waals surface area contributed by atoms with Crippen LogP contribution in [0, 0.1) is 6.92 Å². The Morgan fingerprint density at radius 2 is 1.87 bits per heavy atom. The summed E-state index contributed by atoms with van der Waals surface area (Å²) in [5.41, 5.74) is 4.64. The number of pyridine rings is 2. The van der Waals surface area contributed by atoms with E-state index >= 15 is 0 Å². The molecule has 0 aliphatic rings. The van der Waals surface area contributed by atoms with E-state index in [1.165, 1.54) is 0 Å². The van der Waals surface area contributed by atoms with E-state index in [0.29, 0.717) is 21.8 Å². The number of carbonyl (C=O) groups is 1. The van der Waals surface area contributed by atoms with E-state index in [1.807, 2.05) is 43.3 Å². The van der Waals surface area contributed by atoms with Crippen molar-refractivity contribution in [1.82, 2.24) is 19.9 Å². The predicted octanol–water partition coefficient (Wildman–Crippen LogP) is 5.00. The molecule has 4 rings (SSSR count). The lowest BCUT2D eigenvalue weighted by Gasteiger charge is -2.12. The van der Waals surface area contributed by atoms with Gasteiger partial charge in [0.1, 0.15) is 4.60 Å². The summed E-state index contributed by atoms with van der Waals surface area (Å²) in [6.45, 7) is 1.97. The normalized spacial score (nSPS) is 10.5. The zero-order valence-corrected chi connectivity index (χ0v) is 17.6. The highest BCUT2D eigenvalue weighted by Crippen LogP contribution is 2.24. The van der Waals surface area contributed by atoms with Crippen LogP contribution in [0.5, 0.6) is 0 Å². The molecule has 0 bridgehead atoms. The molecule has 0 radical (unpaired) electrons. The SMILES string of the molecule is Cc1ccc(NC(=O)c2ccnc(Br)c2)cc1Nc1nccc(-c2cccnc2)n1. The first-order valence-electron chi connectivity index (χ1n) is 9.12. The fourth-order valence-electron chi connectivity index (χ4n) is 2.80. The summed E-state index contributed by atoms with van der Waals surface area (Å²) in [6.07, 6.45) is 6.75. The summed E-state index contributed by atoms with van der Waals surface area (Å²) in [6, 6.07) is 14.6. The molecule has 0 atom stereocenters. The predicted molar refractivity (Wildman–Crippen MR) is 120 cm³/mol. The Bertz CT molecular complexity index is 1200. The number of rotatable bonds is 5. The standard InChI is InChI=1S/C22H17BrN6O/c1-14-4-5-17(27-21(30)15-6-9-25-20(23)11-15)12-19(14)29-22-26-10-7-18(28-22)16-3-2-8-24-13-16/h2-13H,1H3,(H,27,30)(H,26,28,29). The number of carbonyl (C=O) groups excluding carboxylic acids is 1. The minimum Gasteiger partial charge on any atom is -0.324 e. The summed E-state index contributed by atoms with van der Waals surface area (Å²) in [4.78, 5) is 29.6. The highest BCUT2D eigenvalue weighted by molar-refractivity contribution is 9.10. The lowest BCUT2D eigenvalue weighted by atomic mass is 10.1. The molecule has 2 N–H and O–H groups in total. The first kappa shape index (κ1) is 19.7. The van der Waals surface area contributed by atoms with Crippen LogP contribution in [0.25, 0.3) is 11.3 Å². The molecule has 0 unspecified atom stereocenters. The van der Waals surface area contributed by atoms with Crippen molar-refractivity contribution in [1.29, 1.82) is 0 Å². The van der Waals surface area contributed by atoms with E-state index in [4.69, 9.17) is 0 Å². The Labute approximate surface area is 181 Å². The number of amides is 1. The van der Waals surface area contributed by atoms with Gasteiger partial charge in [-0.1, -0.05) is 6.07 Å². The summed E-state index contributed by atoms with van der Waals surface area (Å²) >= 11 is 3.28. The van der Waals surface area contributed by atoms with Gasteiger partial charge in [0.15, 0.2) is 0 Å². The number of hydrogen-bond donors (Lipinski definition) is 2. The van der Waals surface area contributed by atoms with E-state index in [0.717, 1.165) is 22.5 Å². The van der Waals surface area contributed by atoms with Crippen LogP contribution in [-0.4, -0.2) is 25.8 Å². The Balaban J connectivity index is 1.55. The topological polar surface area (TPSA) is 92.7 Å². The largest absolute Gasteiger partial charge is 0.324 e. The van der Waals surface area contributed by atoms with Crippen LogP contribution < -0.4 is 10.6 Å². The Morgan fingerprint density at radius 1 is 1.00 bits per heavy atom. The Hall–Kier alpha value is -3.65. The number of benzene rings is 1. The van der Waals surface area contributed by atoms with Crippen molar-refractivity contribution in [3.05, 3.63) is 89.0 Å². The second-order valence-corrected chi connectivity index (χ2v) is 7.30. The van der Waals surface area contributed by atoms with Gasteiger partial charge in [-0.3, -0.25) is 9.78 Å². The van der Waals surface area contributed by atoms with Gasteiger partial charge >= 0.3 is 0 Å². The number of hydrogen-bond acceptors (Lipinski definition) is 6. The second kappa shape index (κ2) is 8.79. The number of aromatic nitrogens is 4. The average Bonchev–Trinajstić information content (AvgIpc) is 2.77. The lowest BCUT2D eigenvalue weighted by Crippen LogP contribution is -2.12. The average molecular weight is 461 g/mol. The number of halogens is 1.